The van der Waals surface area contributed by atoms with Crippen LogP contribution in [0.25, 0.3) is 0 Å². The fourth-order valence-corrected chi connectivity index (χ4v) is 1.82. The number of rotatable bonds is 5. The Morgan fingerprint density at radius 1 is 1.40 bits per heavy atom. The highest BCUT2D eigenvalue weighted by atomic mass is 16.6. The maximum atomic E-state index is 11.7. The lowest BCUT2D eigenvalue weighted by atomic mass is 10.0. The molecule has 2 atom stereocenters. The summed E-state index contributed by atoms with van der Waals surface area (Å²) in [6, 6.07) is 0. The Morgan fingerprint density at radius 3 is 2.55 bits per heavy atom. The van der Waals surface area contributed by atoms with E-state index in [9.17, 15) is 14.4 Å². The second-order valence-electron chi connectivity index (χ2n) is 4.56. The molecule has 0 aromatic rings. The summed E-state index contributed by atoms with van der Waals surface area (Å²) in [5, 5.41) is 0. The van der Waals surface area contributed by atoms with Gasteiger partial charge in [-0.2, -0.15) is 0 Å². The zero-order valence-electron chi connectivity index (χ0n) is 11.8. The van der Waals surface area contributed by atoms with E-state index in [2.05, 4.69) is 6.58 Å². The van der Waals surface area contributed by atoms with Crippen LogP contribution in [-0.4, -0.2) is 36.7 Å². The zero-order valence-corrected chi connectivity index (χ0v) is 11.8. The van der Waals surface area contributed by atoms with E-state index in [1.165, 1.54) is 19.9 Å². The molecule has 0 bridgehead atoms. The smallest absolute Gasteiger partial charge is 0.334 e. The van der Waals surface area contributed by atoms with E-state index in [1.54, 1.807) is 6.92 Å². The standard InChI is InChI=1S/C14H18O6/c1-8(2)13(19-10(4)16)12-7-11(14(17)20-12)5-6-18-9(3)15/h5,12-13H,1,6-7H2,2-4H3/b11-5-/t12-,13+/m0/s1. The van der Waals surface area contributed by atoms with Gasteiger partial charge in [0.05, 0.1) is 0 Å². The van der Waals surface area contributed by atoms with Crippen LogP contribution in [0.15, 0.2) is 23.8 Å². The van der Waals surface area contributed by atoms with Crippen LogP contribution in [0.3, 0.4) is 0 Å². The number of esters is 3. The maximum absolute atomic E-state index is 11.7. The van der Waals surface area contributed by atoms with Crippen molar-refractivity contribution in [2.75, 3.05) is 6.61 Å². The number of carbonyl (C=O) groups is 3. The third-order valence-corrected chi connectivity index (χ3v) is 2.67. The molecule has 1 aliphatic rings. The molecule has 0 N–H and O–H groups in total. The SMILES string of the molecule is C=C(C)[C@@H](OC(C)=O)[C@@H]1C/C(=C/COC(C)=O)C(=O)O1. The molecule has 0 unspecified atom stereocenters. The van der Waals surface area contributed by atoms with Gasteiger partial charge in [0.25, 0.3) is 0 Å². The summed E-state index contributed by atoms with van der Waals surface area (Å²) in [6.45, 7) is 8.01. The summed E-state index contributed by atoms with van der Waals surface area (Å²) in [6.07, 6.45) is 0.515. The second-order valence-corrected chi connectivity index (χ2v) is 4.56. The molecule has 0 saturated carbocycles. The van der Waals surface area contributed by atoms with Gasteiger partial charge in [0.15, 0.2) is 6.10 Å². The first kappa shape index (κ1) is 15.9. The van der Waals surface area contributed by atoms with Crippen LogP contribution in [0.1, 0.15) is 27.2 Å². The molecule has 0 radical (unpaired) electrons. The van der Waals surface area contributed by atoms with Crippen LogP contribution in [0.5, 0.6) is 0 Å². The van der Waals surface area contributed by atoms with Gasteiger partial charge in [-0.3, -0.25) is 9.59 Å². The van der Waals surface area contributed by atoms with E-state index in [4.69, 9.17) is 14.2 Å². The molecule has 6 heteroatoms. The predicted molar refractivity (Wildman–Crippen MR) is 69.6 cm³/mol. The Labute approximate surface area is 117 Å². The molecule has 0 aromatic carbocycles. The van der Waals surface area contributed by atoms with Gasteiger partial charge in [0.1, 0.15) is 12.7 Å². The fraction of sp³-hybridized carbons (Fsp3) is 0.500. The zero-order chi connectivity index (χ0) is 15.3. The predicted octanol–water partition coefficient (Wildman–Crippen LogP) is 1.30. The largest absolute Gasteiger partial charge is 0.462 e. The molecular formula is C14H18O6. The summed E-state index contributed by atoms with van der Waals surface area (Å²) >= 11 is 0. The van der Waals surface area contributed by atoms with Gasteiger partial charge >= 0.3 is 17.9 Å². The van der Waals surface area contributed by atoms with Crippen LogP contribution in [0.2, 0.25) is 0 Å². The number of ether oxygens (including phenoxy) is 3. The quantitative estimate of drug-likeness (QED) is 0.327. The Bertz CT molecular complexity index is 462. The third-order valence-electron chi connectivity index (χ3n) is 2.67. The molecule has 1 heterocycles. The Kier molecular flexibility index (Phi) is 5.49. The minimum Gasteiger partial charge on any atom is -0.462 e. The molecule has 1 saturated heterocycles. The summed E-state index contributed by atoms with van der Waals surface area (Å²) in [7, 11) is 0. The number of carbonyl (C=O) groups excluding carboxylic acids is 3. The average Bonchev–Trinajstić information content (AvgIpc) is 2.66. The van der Waals surface area contributed by atoms with E-state index in [0.717, 1.165) is 0 Å². The first-order valence-electron chi connectivity index (χ1n) is 6.17. The van der Waals surface area contributed by atoms with Crippen molar-refractivity contribution in [1.82, 2.24) is 0 Å². The van der Waals surface area contributed by atoms with Crippen LogP contribution in [-0.2, 0) is 28.6 Å². The van der Waals surface area contributed by atoms with Crippen molar-refractivity contribution in [3.8, 4) is 0 Å². The van der Waals surface area contributed by atoms with Crippen molar-refractivity contribution in [2.24, 2.45) is 0 Å². The second kappa shape index (κ2) is 6.88. The summed E-state index contributed by atoms with van der Waals surface area (Å²) < 4.78 is 15.0. The van der Waals surface area contributed by atoms with E-state index in [0.29, 0.717) is 11.1 Å². The normalized spacial score (nSPS) is 21.2. The molecule has 1 rings (SSSR count). The summed E-state index contributed by atoms with van der Waals surface area (Å²) in [5.41, 5.74) is 0.994. The van der Waals surface area contributed by atoms with Crippen molar-refractivity contribution in [1.29, 1.82) is 0 Å². The number of hydrogen-bond donors (Lipinski definition) is 0. The molecule has 0 spiro atoms. The van der Waals surface area contributed by atoms with Crippen LogP contribution < -0.4 is 0 Å². The van der Waals surface area contributed by atoms with E-state index in [1.807, 2.05) is 0 Å². The highest BCUT2D eigenvalue weighted by molar-refractivity contribution is 5.90. The highest BCUT2D eigenvalue weighted by Crippen LogP contribution is 2.27. The highest BCUT2D eigenvalue weighted by Gasteiger charge is 2.37. The van der Waals surface area contributed by atoms with Crippen molar-refractivity contribution < 1.29 is 28.6 Å². The Morgan fingerprint density at radius 2 is 2.05 bits per heavy atom. The molecule has 0 aromatic heterocycles. The molecule has 0 amide bonds. The van der Waals surface area contributed by atoms with Gasteiger partial charge in [0, 0.05) is 25.8 Å². The van der Waals surface area contributed by atoms with E-state index in [-0.39, 0.29) is 13.0 Å². The van der Waals surface area contributed by atoms with Crippen LogP contribution in [0.4, 0.5) is 0 Å². The van der Waals surface area contributed by atoms with Gasteiger partial charge in [0.2, 0.25) is 0 Å². The molecule has 0 aliphatic carbocycles. The summed E-state index contributed by atoms with van der Waals surface area (Å²) in [4.78, 5) is 33.4. The van der Waals surface area contributed by atoms with Gasteiger partial charge in [-0.15, -0.1) is 0 Å². The van der Waals surface area contributed by atoms with Crippen LogP contribution in [0, 0.1) is 0 Å². The van der Waals surface area contributed by atoms with E-state index >= 15 is 0 Å². The molecule has 1 fully saturated rings. The van der Waals surface area contributed by atoms with Crippen molar-refractivity contribution >= 4 is 17.9 Å². The minimum absolute atomic E-state index is 0.0117. The topological polar surface area (TPSA) is 78.9 Å². The van der Waals surface area contributed by atoms with Crippen molar-refractivity contribution in [3.05, 3.63) is 23.8 Å². The van der Waals surface area contributed by atoms with Gasteiger partial charge in [-0.1, -0.05) is 6.58 Å². The third kappa shape index (κ3) is 4.53. The van der Waals surface area contributed by atoms with Crippen molar-refractivity contribution in [3.63, 3.8) is 0 Å². The van der Waals surface area contributed by atoms with Gasteiger partial charge < -0.3 is 14.2 Å². The number of hydrogen-bond acceptors (Lipinski definition) is 6. The van der Waals surface area contributed by atoms with Gasteiger partial charge in [-0.05, 0) is 18.6 Å². The molecule has 20 heavy (non-hydrogen) atoms. The van der Waals surface area contributed by atoms with Crippen molar-refractivity contribution in [2.45, 2.75) is 39.4 Å². The van der Waals surface area contributed by atoms with E-state index < -0.39 is 30.1 Å². The first-order valence-corrected chi connectivity index (χ1v) is 6.17. The average molecular weight is 282 g/mol. The molecular weight excluding hydrogens is 264 g/mol. The lowest BCUT2D eigenvalue weighted by Gasteiger charge is -2.21. The molecule has 1 aliphatic heterocycles. The lowest BCUT2D eigenvalue weighted by Crippen LogP contribution is -2.31. The molecule has 6 nitrogen and oxygen atoms in total. The monoisotopic (exact) mass is 282 g/mol. The maximum Gasteiger partial charge on any atom is 0.334 e. The fourth-order valence-electron chi connectivity index (χ4n) is 1.82. The Balaban J connectivity index is 2.71. The van der Waals surface area contributed by atoms with Gasteiger partial charge in [-0.25, -0.2) is 4.79 Å². The molecule has 110 valence electrons. The lowest BCUT2D eigenvalue weighted by molar-refractivity contribution is -0.156. The summed E-state index contributed by atoms with van der Waals surface area (Å²) in [5.74, 6) is -1.39. The Hall–Kier alpha value is -2.11. The first-order chi connectivity index (χ1) is 9.31. The number of cyclic esters (lactones) is 1. The van der Waals surface area contributed by atoms with Crippen LogP contribution >= 0.6 is 0 Å². The minimum atomic E-state index is -0.670.